The van der Waals surface area contributed by atoms with Crippen molar-refractivity contribution in [2.45, 2.75) is 26.7 Å². The third-order valence-electron chi connectivity index (χ3n) is 5.55. The lowest BCUT2D eigenvalue weighted by Crippen LogP contribution is -2.41. The van der Waals surface area contributed by atoms with Gasteiger partial charge in [-0.1, -0.05) is 13.8 Å². The van der Waals surface area contributed by atoms with Crippen molar-refractivity contribution in [1.29, 1.82) is 0 Å². The highest BCUT2D eigenvalue weighted by Crippen LogP contribution is 2.26. The second-order valence-electron chi connectivity index (χ2n) is 8.42. The first-order valence-electron chi connectivity index (χ1n) is 11.3. The van der Waals surface area contributed by atoms with Crippen molar-refractivity contribution in [3.05, 3.63) is 53.6 Å². The van der Waals surface area contributed by atoms with E-state index in [0.29, 0.717) is 24.0 Å². The molecular weight excluding hydrogens is 418 g/mol. The van der Waals surface area contributed by atoms with Gasteiger partial charge in [-0.2, -0.15) is 0 Å². The Kier molecular flexibility index (Phi) is 7.31. The third kappa shape index (κ3) is 5.94. The van der Waals surface area contributed by atoms with Crippen LogP contribution in [-0.2, 0) is 4.74 Å². The fourth-order valence-electron chi connectivity index (χ4n) is 3.76. The van der Waals surface area contributed by atoms with E-state index < -0.39 is 0 Å². The normalized spacial score (nSPS) is 14.4. The van der Waals surface area contributed by atoms with Gasteiger partial charge in [0.2, 0.25) is 5.95 Å². The maximum atomic E-state index is 12.4. The lowest BCUT2D eigenvalue weighted by molar-refractivity contribution is 0.0383. The number of nitrogens with one attached hydrogen (secondary N) is 3. The minimum atomic E-state index is -0.0804. The molecule has 4 rings (SSSR count). The number of imidazole rings is 1. The molecule has 33 heavy (non-hydrogen) atoms. The van der Waals surface area contributed by atoms with E-state index in [2.05, 4.69) is 49.3 Å². The van der Waals surface area contributed by atoms with Crippen LogP contribution in [-0.4, -0.2) is 70.1 Å². The molecule has 174 valence electrons. The van der Waals surface area contributed by atoms with Gasteiger partial charge in [0.25, 0.3) is 5.91 Å². The molecule has 1 saturated heterocycles. The Morgan fingerprint density at radius 1 is 1.15 bits per heavy atom. The van der Waals surface area contributed by atoms with E-state index in [0.717, 1.165) is 61.4 Å². The minimum absolute atomic E-state index is 0.0804. The molecule has 3 aromatic rings. The van der Waals surface area contributed by atoms with E-state index in [4.69, 9.17) is 4.74 Å². The number of ether oxygens (including phenoxy) is 1. The molecule has 1 fully saturated rings. The molecule has 1 aromatic carbocycles. The number of H-pyrrole nitrogens is 1. The molecular formula is C24H31N7O2. The predicted octanol–water partition coefficient (Wildman–Crippen LogP) is 3.10. The first kappa shape index (κ1) is 22.9. The lowest BCUT2D eigenvalue weighted by Gasteiger charge is -2.26. The zero-order valence-electron chi connectivity index (χ0n) is 19.4. The summed E-state index contributed by atoms with van der Waals surface area (Å²) in [5.74, 6) is 1.56. The highest BCUT2D eigenvalue weighted by molar-refractivity contribution is 5.94. The summed E-state index contributed by atoms with van der Waals surface area (Å²) in [5, 5.41) is 6.19. The molecule has 2 aromatic heterocycles. The maximum absolute atomic E-state index is 12.4. The SMILES string of the molecule is Cc1nc(-c2ccnc(Nc3ccc(C(=O)NCCN4CCOCC4)cc3)n2)c(C(C)C)[nH]1. The molecule has 1 aliphatic heterocycles. The van der Waals surface area contributed by atoms with Crippen molar-refractivity contribution < 1.29 is 9.53 Å². The Balaban J connectivity index is 1.36. The van der Waals surface area contributed by atoms with Crippen molar-refractivity contribution in [1.82, 2.24) is 30.2 Å². The summed E-state index contributed by atoms with van der Waals surface area (Å²) in [6.45, 7) is 11.0. The Hall–Kier alpha value is -3.30. The first-order chi connectivity index (χ1) is 16.0. The highest BCUT2D eigenvalue weighted by atomic mass is 16.5. The third-order valence-corrected chi connectivity index (χ3v) is 5.55. The van der Waals surface area contributed by atoms with Crippen LogP contribution >= 0.6 is 0 Å². The van der Waals surface area contributed by atoms with Gasteiger partial charge in [0.1, 0.15) is 11.5 Å². The fraction of sp³-hybridized carbons (Fsp3) is 0.417. The van der Waals surface area contributed by atoms with Crippen LogP contribution < -0.4 is 10.6 Å². The number of hydrogen-bond acceptors (Lipinski definition) is 7. The molecule has 0 unspecified atom stereocenters. The minimum Gasteiger partial charge on any atom is -0.379 e. The number of anilines is 2. The average Bonchev–Trinajstić information content (AvgIpc) is 3.22. The monoisotopic (exact) mass is 449 g/mol. The van der Waals surface area contributed by atoms with Gasteiger partial charge in [0, 0.05) is 49.3 Å². The summed E-state index contributed by atoms with van der Waals surface area (Å²) in [5.41, 5.74) is 4.08. The number of hydrogen-bond donors (Lipinski definition) is 3. The molecule has 1 amide bonds. The van der Waals surface area contributed by atoms with E-state index in [1.54, 1.807) is 18.3 Å². The lowest BCUT2D eigenvalue weighted by atomic mass is 10.1. The van der Waals surface area contributed by atoms with Gasteiger partial charge in [0.05, 0.1) is 18.9 Å². The van der Waals surface area contributed by atoms with Crippen molar-refractivity contribution >= 4 is 17.5 Å². The van der Waals surface area contributed by atoms with Gasteiger partial charge in [-0.05, 0) is 43.2 Å². The van der Waals surface area contributed by atoms with Crippen LogP contribution in [0, 0.1) is 6.92 Å². The molecule has 0 atom stereocenters. The number of aryl methyl sites for hydroxylation is 1. The Morgan fingerprint density at radius 3 is 2.64 bits per heavy atom. The quantitative estimate of drug-likeness (QED) is 0.485. The smallest absolute Gasteiger partial charge is 0.251 e. The molecule has 0 aliphatic carbocycles. The van der Waals surface area contributed by atoms with Crippen LogP contribution in [0.3, 0.4) is 0 Å². The molecule has 0 saturated carbocycles. The van der Waals surface area contributed by atoms with Gasteiger partial charge in [0.15, 0.2) is 0 Å². The number of benzene rings is 1. The largest absolute Gasteiger partial charge is 0.379 e. The number of aromatic nitrogens is 4. The van der Waals surface area contributed by atoms with Gasteiger partial charge >= 0.3 is 0 Å². The topological polar surface area (TPSA) is 108 Å². The Morgan fingerprint density at radius 2 is 1.91 bits per heavy atom. The second kappa shape index (κ2) is 10.5. The number of nitrogens with zero attached hydrogens (tertiary/aromatic N) is 4. The number of rotatable bonds is 8. The molecule has 0 spiro atoms. The van der Waals surface area contributed by atoms with Crippen LogP contribution in [0.1, 0.15) is 41.6 Å². The zero-order valence-corrected chi connectivity index (χ0v) is 19.4. The van der Waals surface area contributed by atoms with E-state index in [-0.39, 0.29) is 5.91 Å². The molecule has 3 N–H and O–H groups in total. The number of morpholine rings is 1. The fourth-order valence-corrected chi connectivity index (χ4v) is 3.76. The van der Waals surface area contributed by atoms with Crippen LogP contribution in [0.25, 0.3) is 11.4 Å². The first-order valence-corrected chi connectivity index (χ1v) is 11.3. The summed E-state index contributed by atoms with van der Waals surface area (Å²) in [4.78, 5) is 31.6. The standard InChI is InChI=1S/C24H31N7O2/c1-16(2)21-22(28-17(3)27-21)20-8-9-26-24(30-20)29-19-6-4-18(5-7-19)23(32)25-10-11-31-12-14-33-15-13-31/h4-9,16H,10-15H2,1-3H3,(H,25,32)(H,27,28)(H,26,29,30). The second-order valence-corrected chi connectivity index (χ2v) is 8.42. The van der Waals surface area contributed by atoms with Gasteiger partial charge < -0.3 is 20.4 Å². The number of carbonyl (C=O) groups excluding carboxylic acids is 1. The summed E-state index contributed by atoms with van der Waals surface area (Å²) in [6, 6.07) is 9.15. The van der Waals surface area contributed by atoms with Gasteiger partial charge in [-0.15, -0.1) is 0 Å². The van der Waals surface area contributed by atoms with Crippen LogP contribution in [0.4, 0.5) is 11.6 Å². The summed E-state index contributed by atoms with van der Waals surface area (Å²) in [6.07, 6.45) is 1.72. The summed E-state index contributed by atoms with van der Waals surface area (Å²) in [7, 11) is 0. The van der Waals surface area contributed by atoms with E-state index in [1.165, 1.54) is 0 Å². The predicted molar refractivity (Wildman–Crippen MR) is 128 cm³/mol. The number of carbonyl (C=O) groups is 1. The van der Waals surface area contributed by atoms with E-state index in [1.807, 2.05) is 25.1 Å². The van der Waals surface area contributed by atoms with Gasteiger partial charge in [-0.25, -0.2) is 15.0 Å². The highest BCUT2D eigenvalue weighted by Gasteiger charge is 2.16. The van der Waals surface area contributed by atoms with E-state index in [9.17, 15) is 4.79 Å². The molecule has 9 nitrogen and oxygen atoms in total. The summed E-state index contributed by atoms with van der Waals surface area (Å²) >= 11 is 0. The average molecular weight is 450 g/mol. The van der Waals surface area contributed by atoms with Crippen molar-refractivity contribution in [3.8, 4) is 11.4 Å². The van der Waals surface area contributed by atoms with Crippen LogP contribution in [0.2, 0.25) is 0 Å². The molecule has 0 bridgehead atoms. The molecule has 0 radical (unpaired) electrons. The Labute approximate surface area is 194 Å². The van der Waals surface area contributed by atoms with Crippen molar-refractivity contribution in [2.24, 2.45) is 0 Å². The van der Waals surface area contributed by atoms with Crippen molar-refractivity contribution in [2.75, 3.05) is 44.7 Å². The van der Waals surface area contributed by atoms with E-state index >= 15 is 0 Å². The Bertz CT molecular complexity index is 1070. The van der Waals surface area contributed by atoms with Crippen molar-refractivity contribution in [3.63, 3.8) is 0 Å². The maximum Gasteiger partial charge on any atom is 0.251 e. The van der Waals surface area contributed by atoms with Gasteiger partial charge in [-0.3, -0.25) is 9.69 Å². The number of aromatic amines is 1. The molecule has 9 heteroatoms. The molecule has 3 heterocycles. The van der Waals surface area contributed by atoms with Crippen LogP contribution in [0.5, 0.6) is 0 Å². The summed E-state index contributed by atoms with van der Waals surface area (Å²) < 4.78 is 5.35. The zero-order chi connectivity index (χ0) is 23.2. The molecule has 1 aliphatic rings. The van der Waals surface area contributed by atoms with Crippen LogP contribution in [0.15, 0.2) is 36.5 Å². The number of amides is 1.